The van der Waals surface area contributed by atoms with Crippen LogP contribution in [0.2, 0.25) is 0 Å². The van der Waals surface area contributed by atoms with Crippen LogP contribution in [-0.2, 0) is 0 Å². The van der Waals surface area contributed by atoms with Gasteiger partial charge in [-0.25, -0.2) is 0 Å². The van der Waals surface area contributed by atoms with Crippen LogP contribution < -0.4 is 10.6 Å². The minimum absolute atomic E-state index is 0.221. The monoisotopic (exact) mass is 336 g/mol. The van der Waals surface area contributed by atoms with E-state index in [0.717, 1.165) is 42.4 Å². The lowest BCUT2D eigenvalue weighted by Gasteiger charge is -2.41. The van der Waals surface area contributed by atoms with Crippen molar-refractivity contribution in [2.24, 2.45) is 23.7 Å². The average molecular weight is 336 g/mol. The number of hydrogen-bond donors (Lipinski definition) is 2. The standard InChI is InChI=1S/C20H24N4O/c21-20-18(11-17(22-23-20)15-3-1-2-4-19(15)25)24-7-5-12-9-13-10-16(12)14(13)6-8-24/h1-4,11-14,16,25H,5-10H2,(H2,21,23)/t12-,13-,14+,16?/m0/s1. The van der Waals surface area contributed by atoms with E-state index in [1.54, 1.807) is 6.07 Å². The third kappa shape index (κ3) is 2.36. The highest BCUT2D eigenvalue weighted by atomic mass is 16.3. The van der Waals surface area contributed by atoms with Gasteiger partial charge in [-0.3, -0.25) is 0 Å². The fourth-order valence-corrected chi connectivity index (χ4v) is 5.46. The molecule has 3 aliphatic carbocycles. The van der Waals surface area contributed by atoms with Crippen molar-refractivity contribution in [3.63, 3.8) is 0 Å². The van der Waals surface area contributed by atoms with Gasteiger partial charge in [-0.2, -0.15) is 0 Å². The number of phenolic OH excluding ortho intramolecular Hbond substituents is 1. The van der Waals surface area contributed by atoms with Crippen molar-refractivity contribution in [1.29, 1.82) is 0 Å². The Bertz CT molecular complexity index is 798. The first-order valence-corrected chi connectivity index (χ1v) is 9.37. The summed E-state index contributed by atoms with van der Waals surface area (Å²) in [5, 5.41) is 18.5. The fourth-order valence-electron chi connectivity index (χ4n) is 5.46. The van der Waals surface area contributed by atoms with Crippen molar-refractivity contribution in [1.82, 2.24) is 10.2 Å². The number of hydrogen-bond acceptors (Lipinski definition) is 5. The van der Waals surface area contributed by atoms with E-state index in [2.05, 4.69) is 15.1 Å². The number of para-hydroxylation sites is 1. The van der Waals surface area contributed by atoms with Gasteiger partial charge >= 0.3 is 0 Å². The number of rotatable bonds is 2. The molecule has 3 N–H and O–H groups in total. The van der Waals surface area contributed by atoms with Crippen molar-refractivity contribution in [2.45, 2.75) is 25.7 Å². The Morgan fingerprint density at radius 3 is 2.72 bits per heavy atom. The molecule has 0 radical (unpaired) electrons. The minimum Gasteiger partial charge on any atom is -0.507 e. The molecule has 4 aliphatic rings. The van der Waals surface area contributed by atoms with Crippen LogP contribution in [-0.4, -0.2) is 28.4 Å². The first kappa shape index (κ1) is 15.0. The summed E-state index contributed by atoms with van der Waals surface area (Å²) in [6.45, 7) is 2.08. The Labute approximate surface area is 147 Å². The number of phenols is 1. The topological polar surface area (TPSA) is 75.3 Å². The van der Waals surface area contributed by atoms with Gasteiger partial charge in [0.15, 0.2) is 5.82 Å². The highest BCUT2D eigenvalue weighted by Gasteiger charge is 2.52. The summed E-state index contributed by atoms with van der Waals surface area (Å²) < 4.78 is 0. The molecule has 4 bridgehead atoms. The maximum absolute atomic E-state index is 10.1. The third-order valence-corrected chi connectivity index (χ3v) is 6.77. The zero-order valence-corrected chi connectivity index (χ0v) is 14.3. The first-order chi connectivity index (χ1) is 12.2. The zero-order valence-electron chi connectivity index (χ0n) is 14.3. The van der Waals surface area contributed by atoms with Crippen LogP contribution in [0, 0.1) is 23.7 Å². The first-order valence-electron chi connectivity index (χ1n) is 9.37. The molecule has 0 spiro atoms. The second kappa shape index (κ2) is 5.61. The van der Waals surface area contributed by atoms with E-state index in [9.17, 15) is 5.11 Å². The lowest BCUT2D eigenvalue weighted by molar-refractivity contribution is 0.123. The molecule has 5 nitrogen and oxygen atoms in total. The van der Waals surface area contributed by atoms with Crippen LogP contribution in [0.3, 0.4) is 0 Å². The minimum atomic E-state index is 0.221. The maximum Gasteiger partial charge on any atom is 0.169 e. The summed E-state index contributed by atoms with van der Waals surface area (Å²) in [5.74, 6) is 4.53. The lowest BCUT2D eigenvalue weighted by atomic mass is 9.68. The molecule has 25 heavy (non-hydrogen) atoms. The van der Waals surface area contributed by atoms with Gasteiger partial charge in [-0.1, -0.05) is 12.1 Å². The molecular weight excluding hydrogens is 312 g/mol. The van der Waals surface area contributed by atoms with Gasteiger partial charge < -0.3 is 15.7 Å². The summed E-state index contributed by atoms with van der Waals surface area (Å²) in [6.07, 6.45) is 5.44. The van der Waals surface area contributed by atoms with Crippen LogP contribution >= 0.6 is 0 Å². The molecule has 3 saturated carbocycles. The second-order valence-corrected chi connectivity index (χ2v) is 7.90. The van der Waals surface area contributed by atoms with Gasteiger partial charge in [0.1, 0.15) is 5.75 Å². The number of benzene rings is 1. The number of nitrogens with zero attached hydrogens (tertiary/aromatic N) is 3. The molecule has 1 saturated heterocycles. The highest BCUT2D eigenvalue weighted by molar-refractivity contribution is 5.73. The molecule has 2 heterocycles. The number of aromatic hydroxyl groups is 1. The fraction of sp³-hybridized carbons (Fsp3) is 0.500. The average Bonchev–Trinajstić information content (AvgIpc) is 3.18. The Kier molecular flexibility index (Phi) is 3.37. The van der Waals surface area contributed by atoms with Gasteiger partial charge in [0.2, 0.25) is 0 Å². The molecular formula is C20H24N4O. The largest absolute Gasteiger partial charge is 0.507 e. The molecule has 4 atom stereocenters. The summed E-state index contributed by atoms with van der Waals surface area (Å²) >= 11 is 0. The van der Waals surface area contributed by atoms with Gasteiger partial charge in [0, 0.05) is 18.7 Å². The number of nitrogen functional groups attached to an aromatic ring is 1. The molecule has 130 valence electrons. The van der Waals surface area contributed by atoms with Crippen molar-refractivity contribution in [2.75, 3.05) is 23.7 Å². The Morgan fingerprint density at radius 1 is 1.00 bits per heavy atom. The zero-order chi connectivity index (χ0) is 17.0. The third-order valence-electron chi connectivity index (χ3n) is 6.77. The van der Waals surface area contributed by atoms with Crippen LogP contribution in [0.15, 0.2) is 30.3 Å². The number of anilines is 2. The molecule has 2 aromatic rings. The summed E-state index contributed by atoms with van der Waals surface area (Å²) in [7, 11) is 0. The molecule has 1 unspecified atom stereocenters. The van der Waals surface area contributed by atoms with Crippen molar-refractivity contribution < 1.29 is 5.11 Å². The van der Waals surface area contributed by atoms with E-state index in [0.29, 0.717) is 17.1 Å². The summed E-state index contributed by atoms with van der Waals surface area (Å²) in [6, 6.07) is 9.23. The van der Waals surface area contributed by atoms with Gasteiger partial charge in [-0.05, 0) is 67.6 Å². The predicted octanol–water partition coefficient (Wildman–Crippen LogP) is 3.30. The van der Waals surface area contributed by atoms with E-state index < -0.39 is 0 Å². The SMILES string of the molecule is Nc1nnc(-c2ccccc2O)cc1N1CC[C@H]2C[C@H]3CC2[C@@H]3CC1. The van der Waals surface area contributed by atoms with Gasteiger partial charge in [0.25, 0.3) is 0 Å². The Morgan fingerprint density at radius 2 is 1.84 bits per heavy atom. The molecule has 6 rings (SSSR count). The van der Waals surface area contributed by atoms with Crippen LogP contribution in [0.4, 0.5) is 11.5 Å². The van der Waals surface area contributed by atoms with Crippen LogP contribution in [0.1, 0.15) is 25.7 Å². The van der Waals surface area contributed by atoms with Crippen molar-refractivity contribution >= 4 is 11.5 Å². The molecule has 5 heteroatoms. The Hall–Kier alpha value is -2.30. The second-order valence-electron chi connectivity index (χ2n) is 7.90. The predicted molar refractivity (Wildman–Crippen MR) is 98.2 cm³/mol. The van der Waals surface area contributed by atoms with E-state index in [1.807, 2.05) is 24.3 Å². The summed E-state index contributed by atoms with van der Waals surface area (Å²) in [5.41, 5.74) is 8.51. The number of aromatic nitrogens is 2. The van der Waals surface area contributed by atoms with E-state index in [-0.39, 0.29) is 5.75 Å². The molecule has 1 aromatic heterocycles. The van der Waals surface area contributed by atoms with Gasteiger partial charge in [-0.15, -0.1) is 10.2 Å². The van der Waals surface area contributed by atoms with Crippen molar-refractivity contribution in [3.8, 4) is 17.0 Å². The molecule has 1 aliphatic heterocycles. The molecule has 0 amide bonds. The van der Waals surface area contributed by atoms with E-state index in [4.69, 9.17) is 5.73 Å². The lowest BCUT2D eigenvalue weighted by Crippen LogP contribution is -2.38. The molecule has 4 fully saturated rings. The quantitative estimate of drug-likeness (QED) is 0.880. The normalized spacial score (nSPS) is 30.5. The van der Waals surface area contributed by atoms with Crippen LogP contribution in [0.25, 0.3) is 11.3 Å². The number of nitrogens with two attached hydrogens (primary N) is 1. The van der Waals surface area contributed by atoms with Gasteiger partial charge in [0.05, 0.1) is 11.4 Å². The Balaban J connectivity index is 1.45. The van der Waals surface area contributed by atoms with E-state index in [1.165, 1.54) is 25.7 Å². The van der Waals surface area contributed by atoms with Crippen LogP contribution in [0.5, 0.6) is 5.75 Å². The highest BCUT2D eigenvalue weighted by Crippen LogP contribution is 2.60. The smallest absolute Gasteiger partial charge is 0.169 e. The maximum atomic E-state index is 10.1. The molecule has 1 aromatic carbocycles. The van der Waals surface area contributed by atoms with Crippen molar-refractivity contribution in [3.05, 3.63) is 30.3 Å². The van der Waals surface area contributed by atoms with E-state index >= 15 is 0 Å². The summed E-state index contributed by atoms with van der Waals surface area (Å²) in [4.78, 5) is 2.39.